The Balaban J connectivity index is 0.000000355. The number of carbonyl (C=O) groups excluding carboxylic acids is 3. The zero-order valence-electron chi connectivity index (χ0n) is 23.6. The Kier molecular flexibility index (Phi) is 11.9. The summed E-state index contributed by atoms with van der Waals surface area (Å²) in [7, 11) is 0. The number of hydrogen-bond donors (Lipinski definition) is 3. The van der Waals surface area contributed by atoms with Gasteiger partial charge in [-0.25, -0.2) is 4.98 Å². The molecule has 0 atom stereocenters. The van der Waals surface area contributed by atoms with Gasteiger partial charge in [-0.2, -0.15) is 4.98 Å². The molecule has 2 saturated heterocycles. The van der Waals surface area contributed by atoms with Crippen LogP contribution in [0, 0.1) is 6.92 Å². The lowest BCUT2D eigenvalue weighted by Crippen LogP contribution is -2.40. The van der Waals surface area contributed by atoms with Crippen LogP contribution in [0.15, 0.2) is 30.5 Å². The number of piperidine rings is 1. The minimum absolute atomic E-state index is 0.0239. The summed E-state index contributed by atoms with van der Waals surface area (Å²) in [5, 5.41) is 11.5. The molecule has 5 rings (SSSR count). The Labute approximate surface area is 243 Å². The van der Waals surface area contributed by atoms with E-state index in [0.29, 0.717) is 48.5 Å². The molecule has 220 valence electrons. The fraction of sp³-hybridized carbons (Fsp3) is 0.444. The van der Waals surface area contributed by atoms with E-state index in [2.05, 4.69) is 30.4 Å². The van der Waals surface area contributed by atoms with Crippen LogP contribution in [0.25, 0.3) is 0 Å². The topological polar surface area (TPSA) is 183 Å². The van der Waals surface area contributed by atoms with E-state index in [4.69, 9.17) is 16.2 Å². The van der Waals surface area contributed by atoms with Crippen LogP contribution in [0.3, 0.4) is 0 Å². The molecule has 4 heterocycles. The molecule has 13 nitrogen and oxygen atoms in total. The van der Waals surface area contributed by atoms with Crippen LogP contribution in [-0.2, 0) is 4.74 Å². The fourth-order valence-corrected chi connectivity index (χ4v) is 4.67. The number of nitrogens with two attached hydrogens (primary N) is 2. The number of nitrogens with zero attached hydrogens (tertiary/aromatic N) is 6. The number of morpholine rings is 1. The second kappa shape index (κ2) is 15.6. The number of aromatic nitrogens is 4. The van der Waals surface area contributed by atoms with Gasteiger partial charge in [0.25, 0.3) is 17.7 Å². The monoisotopic (exact) mass is 583 g/mol. The highest BCUT2D eigenvalue weighted by Gasteiger charge is 2.21. The van der Waals surface area contributed by atoms with Gasteiger partial charge in [-0.15, -0.1) is 21.5 Å². The summed E-state index contributed by atoms with van der Waals surface area (Å²) in [6.45, 7) is 9.89. The van der Waals surface area contributed by atoms with Gasteiger partial charge in [0.15, 0.2) is 16.5 Å². The van der Waals surface area contributed by atoms with Crippen molar-refractivity contribution in [2.75, 3.05) is 49.6 Å². The van der Waals surface area contributed by atoms with Crippen molar-refractivity contribution in [2.45, 2.75) is 40.0 Å². The second-order valence-corrected chi connectivity index (χ2v) is 10.2. The highest BCUT2D eigenvalue weighted by Crippen LogP contribution is 2.22. The van der Waals surface area contributed by atoms with E-state index in [9.17, 15) is 14.4 Å². The predicted molar refractivity (Wildman–Crippen MR) is 158 cm³/mol. The normalized spacial score (nSPS) is 14.6. The van der Waals surface area contributed by atoms with E-state index in [1.807, 2.05) is 20.8 Å². The molecule has 2 aromatic heterocycles. The van der Waals surface area contributed by atoms with Crippen molar-refractivity contribution in [1.82, 2.24) is 25.1 Å². The number of thiazole rings is 1. The summed E-state index contributed by atoms with van der Waals surface area (Å²) < 4.78 is 5.29. The number of nitrogens with one attached hydrogen (secondary N) is 1. The second-order valence-electron chi connectivity index (χ2n) is 8.97. The maximum atomic E-state index is 12.6. The van der Waals surface area contributed by atoms with Gasteiger partial charge >= 0.3 is 0 Å². The summed E-state index contributed by atoms with van der Waals surface area (Å²) in [6, 6.07) is 7.01. The van der Waals surface area contributed by atoms with E-state index in [1.54, 1.807) is 35.4 Å². The lowest BCUT2D eigenvalue weighted by atomic mass is 10.1. The molecule has 0 unspecified atom stereocenters. The third-order valence-electron chi connectivity index (χ3n) is 6.07. The minimum atomic E-state index is -0.707. The number of hydrogen-bond acceptors (Lipinski definition) is 11. The van der Waals surface area contributed by atoms with Crippen molar-refractivity contribution in [1.29, 1.82) is 0 Å². The molecule has 0 spiro atoms. The smallest absolute Gasteiger partial charge is 0.277 e. The van der Waals surface area contributed by atoms with Gasteiger partial charge in [0.1, 0.15) is 0 Å². The van der Waals surface area contributed by atoms with E-state index in [1.165, 1.54) is 17.8 Å². The zero-order chi connectivity index (χ0) is 29.8. The molecule has 0 saturated carbocycles. The van der Waals surface area contributed by atoms with Gasteiger partial charge in [0.05, 0.1) is 13.2 Å². The van der Waals surface area contributed by atoms with Crippen LogP contribution >= 0.6 is 11.3 Å². The Bertz CT molecular complexity index is 1300. The average Bonchev–Trinajstić information content (AvgIpc) is 3.46. The third kappa shape index (κ3) is 8.91. The van der Waals surface area contributed by atoms with E-state index in [-0.39, 0.29) is 17.4 Å². The molecule has 2 fully saturated rings. The summed E-state index contributed by atoms with van der Waals surface area (Å²) >= 11 is 1.31. The quantitative estimate of drug-likeness (QED) is 0.390. The fourth-order valence-electron chi connectivity index (χ4n) is 4.05. The first kappa shape index (κ1) is 31.4. The van der Waals surface area contributed by atoms with Crippen LogP contribution in [0.4, 0.5) is 17.5 Å². The number of aryl methyl sites for hydroxylation is 1. The van der Waals surface area contributed by atoms with Gasteiger partial charge in [-0.05, 0) is 50.5 Å². The molecule has 3 amide bonds. The Hall–Kier alpha value is -4.17. The highest BCUT2D eigenvalue weighted by atomic mass is 32.1. The van der Waals surface area contributed by atoms with Crippen LogP contribution in [-0.4, -0.2) is 82.2 Å². The first-order valence-corrected chi connectivity index (χ1v) is 14.4. The predicted octanol–water partition coefficient (Wildman–Crippen LogP) is 2.75. The largest absolute Gasteiger partial charge is 0.378 e. The molecular weight excluding hydrogens is 546 g/mol. The third-order valence-corrected chi connectivity index (χ3v) is 7.00. The standard InChI is InChI=1S/C20H25N7O3.C5H6N2OS.C2H6/c21-17(28)16-18(23-20(25-24-16)27-8-2-1-3-9-27)22-15-6-4-14(5-7-15)19(29)26-10-12-30-13-11-26;1-3-2-7-5(9-3)4(6)8;1-2/h4-7H,1-3,8-13H2,(H2,21,28)(H,22,23,25);2H,1H3,(H2,6,8);1-2H3. The molecule has 2 aliphatic heterocycles. The Morgan fingerprint density at radius 3 is 2.12 bits per heavy atom. The summed E-state index contributed by atoms with van der Waals surface area (Å²) in [5.74, 6) is -0.458. The summed E-state index contributed by atoms with van der Waals surface area (Å²) in [6.07, 6.45) is 4.96. The highest BCUT2D eigenvalue weighted by molar-refractivity contribution is 7.13. The van der Waals surface area contributed by atoms with E-state index < -0.39 is 11.8 Å². The molecule has 41 heavy (non-hydrogen) atoms. The van der Waals surface area contributed by atoms with Crippen molar-refractivity contribution in [3.05, 3.63) is 51.6 Å². The van der Waals surface area contributed by atoms with E-state index >= 15 is 0 Å². The molecular formula is C27H37N9O4S. The van der Waals surface area contributed by atoms with Gasteiger partial charge in [-0.1, -0.05) is 13.8 Å². The van der Waals surface area contributed by atoms with Crippen molar-refractivity contribution >= 4 is 46.5 Å². The Morgan fingerprint density at radius 2 is 1.59 bits per heavy atom. The molecule has 14 heteroatoms. The number of anilines is 3. The van der Waals surface area contributed by atoms with E-state index in [0.717, 1.165) is 30.8 Å². The van der Waals surface area contributed by atoms with Crippen molar-refractivity contribution < 1.29 is 19.1 Å². The first-order valence-electron chi connectivity index (χ1n) is 13.6. The number of ether oxygens (including phenoxy) is 1. The zero-order valence-corrected chi connectivity index (χ0v) is 24.4. The Morgan fingerprint density at radius 1 is 0.927 bits per heavy atom. The van der Waals surface area contributed by atoms with Gasteiger partial charge in [0.2, 0.25) is 5.95 Å². The van der Waals surface area contributed by atoms with Crippen molar-refractivity contribution in [2.24, 2.45) is 11.5 Å². The van der Waals surface area contributed by atoms with Crippen molar-refractivity contribution in [3.8, 4) is 0 Å². The molecule has 0 bridgehead atoms. The number of primary amides is 2. The minimum Gasteiger partial charge on any atom is -0.378 e. The molecule has 1 aromatic carbocycles. The maximum Gasteiger partial charge on any atom is 0.277 e. The van der Waals surface area contributed by atoms with Crippen LogP contribution in [0.1, 0.15) is 68.6 Å². The van der Waals surface area contributed by atoms with Crippen molar-refractivity contribution in [3.63, 3.8) is 0 Å². The lowest BCUT2D eigenvalue weighted by molar-refractivity contribution is 0.0303. The maximum absolute atomic E-state index is 12.6. The van der Waals surface area contributed by atoms with Crippen LogP contribution in [0.5, 0.6) is 0 Å². The number of rotatable bonds is 6. The number of benzene rings is 1. The number of carbonyl (C=O) groups is 3. The molecule has 5 N–H and O–H groups in total. The lowest BCUT2D eigenvalue weighted by Gasteiger charge is -2.27. The van der Waals surface area contributed by atoms with Gasteiger partial charge < -0.3 is 31.3 Å². The number of amides is 3. The summed E-state index contributed by atoms with van der Waals surface area (Å²) in [5.41, 5.74) is 11.6. The van der Waals surface area contributed by atoms with Crippen LogP contribution in [0.2, 0.25) is 0 Å². The summed E-state index contributed by atoms with van der Waals surface area (Å²) in [4.78, 5) is 47.8. The van der Waals surface area contributed by atoms with Gasteiger partial charge in [-0.3, -0.25) is 14.4 Å². The molecule has 0 radical (unpaired) electrons. The molecule has 0 aliphatic carbocycles. The van der Waals surface area contributed by atoms with Crippen LogP contribution < -0.4 is 21.7 Å². The molecule has 3 aromatic rings. The average molecular weight is 584 g/mol. The van der Waals surface area contributed by atoms with Gasteiger partial charge in [0, 0.05) is 48.5 Å². The first-order chi connectivity index (χ1) is 19.8. The SMILES string of the molecule is CC.Cc1cnc(C(N)=O)s1.NC(=O)c1nnc(N2CCCCC2)nc1Nc1ccc(C(=O)N2CCOCC2)cc1. The molecule has 2 aliphatic rings.